The van der Waals surface area contributed by atoms with Crippen molar-refractivity contribution in [2.75, 3.05) is 11.9 Å². The molecule has 2 amide bonds. The minimum Gasteiger partial charge on any atom is -0.484 e. The highest BCUT2D eigenvalue weighted by atomic mass is 16.5. The number of ether oxygens (including phenoxy) is 1. The predicted molar refractivity (Wildman–Crippen MR) is 99.1 cm³/mol. The van der Waals surface area contributed by atoms with Crippen LogP contribution in [-0.2, 0) is 4.79 Å². The van der Waals surface area contributed by atoms with Gasteiger partial charge in [0.1, 0.15) is 5.75 Å². The van der Waals surface area contributed by atoms with E-state index in [2.05, 4.69) is 10.6 Å². The minimum absolute atomic E-state index is 0.0710. The average molecular weight is 340 g/mol. The molecule has 0 fully saturated rings. The van der Waals surface area contributed by atoms with Crippen molar-refractivity contribution in [3.05, 3.63) is 59.2 Å². The van der Waals surface area contributed by atoms with Crippen molar-refractivity contribution in [3.8, 4) is 5.75 Å². The summed E-state index contributed by atoms with van der Waals surface area (Å²) >= 11 is 0. The summed E-state index contributed by atoms with van der Waals surface area (Å²) in [7, 11) is 0. The molecule has 5 heteroatoms. The maximum Gasteiger partial charge on any atom is 0.262 e. The van der Waals surface area contributed by atoms with E-state index in [1.54, 1.807) is 24.3 Å². The van der Waals surface area contributed by atoms with Gasteiger partial charge >= 0.3 is 0 Å². The zero-order valence-electron chi connectivity index (χ0n) is 15.1. The SMILES string of the molecule is Cc1cc(C)cc(OCC(=O)Nc2ccc(C(=O)NC(C)C)cc2)c1. The van der Waals surface area contributed by atoms with Crippen molar-refractivity contribution in [1.82, 2.24) is 5.32 Å². The van der Waals surface area contributed by atoms with Crippen LogP contribution in [0.4, 0.5) is 5.69 Å². The second-order valence-corrected chi connectivity index (χ2v) is 6.37. The third-order valence-electron chi connectivity index (χ3n) is 3.42. The number of carbonyl (C=O) groups is 2. The zero-order chi connectivity index (χ0) is 18.4. The van der Waals surface area contributed by atoms with Gasteiger partial charge in [-0.1, -0.05) is 6.07 Å². The van der Waals surface area contributed by atoms with E-state index in [9.17, 15) is 9.59 Å². The maximum absolute atomic E-state index is 12.0. The van der Waals surface area contributed by atoms with E-state index in [1.165, 1.54) is 0 Å². The highest BCUT2D eigenvalue weighted by Crippen LogP contribution is 2.16. The van der Waals surface area contributed by atoms with Gasteiger partial charge in [-0.15, -0.1) is 0 Å². The van der Waals surface area contributed by atoms with Gasteiger partial charge in [0.15, 0.2) is 6.61 Å². The molecule has 25 heavy (non-hydrogen) atoms. The molecular formula is C20H24N2O3. The Balaban J connectivity index is 1.89. The number of aryl methyl sites for hydroxylation is 2. The molecule has 0 unspecified atom stereocenters. The van der Waals surface area contributed by atoms with Crippen LogP contribution in [0.5, 0.6) is 5.75 Å². The van der Waals surface area contributed by atoms with Gasteiger partial charge in [-0.3, -0.25) is 9.59 Å². The Morgan fingerprint density at radius 1 is 1.00 bits per heavy atom. The number of nitrogens with one attached hydrogen (secondary N) is 2. The molecule has 0 heterocycles. The average Bonchev–Trinajstić information content (AvgIpc) is 2.52. The molecule has 0 aliphatic rings. The van der Waals surface area contributed by atoms with E-state index in [0.717, 1.165) is 11.1 Å². The lowest BCUT2D eigenvalue weighted by atomic mass is 10.1. The van der Waals surface area contributed by atoms with Crippen molar-refractivity contribution in [2.24, 2.45) is 0 Å². The van der Waals surface area contributed by atoms with Gasteiger partial charge in [0.2, 0.25) is 0 Å². The molecule has 0 aliphatic carbocycles. The normalized spacial score (nSPS) is 10.4. The molecule has 2 aromatic rings. The van der Waals surface area contributed by atoms with Crippen LogP contribution in [0.3, 0.4) is 0 Å². The summed E-state index contributed by atoms with van der Waals surface area (Å²) in [6.07, 6.45) is 0. The highest BCUT2D eigenvalue weighted by Gasteiger charge is 2.08. The van der Waals surface area contributed by atoms with Gasteiger partial charge < -0.3 is 15.4 Å². The first-order chi connectivity index (χ1) is 11.8. The Labute approximate surface area is 148 Å². The minimum atomic E-state index is -0.251. The molecule has 0 saturated heterocycles. The van der Waals surface area contributed by atoms with Crippen LogP contribution in [0.2, 0.25) is 0 Å². The number of hydrogen-bond donors (Lipinski definition) is 2. The zero-order valence-corrected chi connectivity index (χ0v) is 15.1. The number of carbonyl (C=O) groups excluding carboxylic acids is 2. The van der Waals surface area contributed by atoms with Gasteiger partial charge in [0.05, 0.1) is 0 Å². The third kappa shape index (κ3) is 5.95. The molecule has 0 aromatic heterocycles. The summed E-state index contributed by atoms with van der Waals surface area (Å²) in [6.45, 7) is 7.71. The Hall–Kier alpha value is -2.82. The van der Waals surface area contributed by atoms with Gasteiger partial charge in [0.25, 0.3) is 11.8 Å². The Kier molecular flexibility index (Phi) is 6.17. The number of anilines is 1. The van der Waals surface area contributed by atoms with Gasteiger partial charge in [-0.25, -0.2) is 0 Å². The van der Waals surface area contributed by atoms with Crippen molar-refractivity contribution in [2.45, 2.75) is 33.7 Å². The van der Waals surface area contributed by atoms with Gasteiger partial charge in [0, 0.05) is 17.3 Å². The van der Waals surface area contributed by atoms with Crippen molar-refractivity contribution in [3.63, 3.8) is 0 Å². The first-order valence-corrected chi connectivity index (χ1v) is 8.25. The van der Waals surface area contributed by atoms with Crippen LogP contribution >= 0.6 is 0 Å². The number of amides is 2. The topological polar surface area (TPSA) is 67.4 Å². The molecule has 132 valence electrons. The molecule has 0 aliphatic heterocycles. The molecule has 2 rings (SSSR count). The number of benzene rings is 2. The van der Waals surface area contributed by atoms with Crippen molar-refractivity contribution in [1.29, 1.82) is 0 Å². The van der Waals surface area contributed by atoms with Crippen LogP contribution in [0.1, 0.15) is 35.3 Å². The monoisotopic (exact) mass is 340 g/mol. The highest BCUT2D eigenvalue weighted by molar-refractivity contribution is 5.96. The smallest absolute Gasteiger partial charge is 0.262 e. The van der Waals surface area contributed by atoms with Crippen molar-refractivity contribution < 1.29 is 14.3 Å². The van der Waals surface area contributed by atoms with Gasteiger partial charge in [-0.2, -0.15) is 0 Å². The summed E-state index contributed by atoms with van der Waals surface area (Å²) in [6, 6.07) is 12.7. The lowest BCUT2D eigenvalue weighted by Gasteiger charge is -2.10. The maximum atomic E-state index is 12.0. The van der Waals surface area contributed by atoms with Crippen LogP contribution in [0.25, 0.3) is 0 Å². The molecule has 0 bridgehead atoms. The van der Waals surface area contributed by atoms with E-state index < -0.39 is 0 Å². The van der Waals surface area contributed by atoms with Crippen LogP contribution < -0.4 is 15.4 Å². The fourth-order valence-corrected chi connectivity index (χ4v) is 2.41. The quantitative estimate of drug-likeness (QED) is 0.846. The summed E-state index contributed by atoms with van der Waals surface area (Å²) in [4.78, 5) is 23.9. The van der Waals surface area contributed by atoms with Crippen LogP contribution in [-0.4, -0.2) is 24.5 Å². The first-order valence-electron chi connectivity index (χ1n) is 8.25. The number of rotatable bonds is 6. The Morgan fingerprint density at radius 3 is 2.16 bits per heavy atom. The summed E-state index contributed by atoms with van der Waals surface area (Å²) in [5, 5.41) is 5.57. The van der Waals surface area contributed by atoms with Gasteiger partial charge in [-0.05, 0) is 75.2 Å². The molecular weight excluding hydrogens is 316 g/mol. The van der Waals surface area contributed by atoms with E-state index >= 15 is 0 Å². The third-order valence-corrected chi connectivity index (χ3v) is 3.42. The summed E-state index contributed by atoms with van der Waals surface area (Å²) < 4.78 is 5.53. The second kappa shape index (κ2) is 8.33. The lowest BCUT2D eigenvalue weighted by molar-refractivity contribution is -0.118. The van der Waals surface area contributed by atoms with Crippen molar-refractivity contribution >= 4 is 17.5 Å². The molecule has 0 saturated carbocycles. The fourth-order valence-electron chi connectivity index (χ4n) is 2.41. The Bertz CT molecular complexity index is 732. The first kappa shape index (κ1) is 18.5. The molecule has 2 aromatic carbocycles. The lowest BCUT2D eigenvalue weighted by Crippen LogP contribution is -2.30. The largest absolute Gasteiger partial charge is 0.484 e. The Morgan fingerprint density at radius 2 is 1.60 bits per heavy atom. The molecule has 2 N–H and O–H groups in total. The second-order valence-electron chi connectivity index (χ2n) is 6.37. The molecule has 5 nitrogen and oxygen atoms in total. The van der Waals surface area contributed by atoms with E-state index in [1.807, 2.05) is 45.9 Å². The predicted octanol–water partition coefficient (Wildman–Crippen LogP) is 3.46. The molecule has 0 radical (unpaired) electrons. The van der Waals surface area contributed by atoms with E-state index in [4.69, 9.17) is 4.74 Å². The molecule has 0 atom stereocenters. The molecule has 0 spiro atoms. The summed E-state index contributed by atoms with van der Waals surface area (Å²) in [5.74, 6) is 0.290. The van der Waals surface area contributed by atoms with Crippen LogP contribution in [0.15, 0.2) is 42.5 Å². The standard InChI is InChI=1S/C20H24N2O3/c1-13(2)21-20(24)16-5-7-17(8-6-16)22-19(23)12-25-18-10-14(3)9-15(4)11-18/h5-11,13H,12H2,1-4H3,(H,21,24)(H,22,23). The number of hydrogen-bond acceptors (Lipinski definition) is 3. The van der Waals surface area contributed by atoms with E-state index in [0.29, 0.717) is 17.0 Å². The van der Waals surface area contributed by atoms with Crippen LogP contribution in [0, 0.1) is 13.8 Å². The summed E-state index contributed by atoms with van der Waals surface area (Å²) in [5.41, 5.74) is 3.35. The fraction of sp³-hybridized carbons (Fsp3) is 0.300. The van der Waals surface area contributed by atoms with E-state index in [-0.39, 0.29) is 24.5 Å².